The number of ether oxygens (including phenoxy) is 1. The minimum Gasteiger partial charge on any atom is -0.495 e. The second-order valence-electron chi connectivity index (χ2n) is 4.94. The number of methoxy groups -OCH3 is 1. The fourth-order valence-corrected chi connectivity index (χ4v) is 2.39. The first-order valence-electron chi connectivity index (χ1n) is 6.97. The summed E-state index contributed by atoms with van der Waals surface area (Å²) in [6.45, 7) is 0. The van der Waals surface area contributed by atoms with Crippen LogP contribution in [0.3, 0.4) is 0 Å². The zero-order valence-corrected chi connectivity index (χ0v) is 14.2. The molecule has 2 rings (SSSR count). The molecule has 0 aromatic heterocycles. The zero-order chi connectivity index (χ0) is 17.7. The van der Waals surface area contributed by atoms with E-state index in [1.165, 1.54) is 25.3 Å². The smallest absolute Gasteiger partial charge is 0.271 e. The quantitative estimate of drug-likeness (QED) is 0.601. The molecular formula is C16H14Cl2N2O4. The number of hydrogen-bond acceptors (Lipinski definition) is 4. The lowest BCUT2D eigenvalue weighted by molar-refractivity contribution is -0.384. The molecule has 0 aliphatic carbocycles. The van der Waals surface area contributed by atoms with E-state index in [0.717, 1.165) is 5.56 Å². The van der Waals surface area contributed by atoms with Crippen molar-refractivity contribution in [2.45, 2.75) is 12.8 Å². The Kier molecular flexibility index (Phi) is 6.00. The summed E-state index contributed by atoms with van der Waals surface area (Å²) in [5.74, 6) is 0.0587. The summed E-state index contributed by atoms with van der Waals surface area (Å²) >= 11 is 11.8. The van der Waals surface area contributed by atoms with E-state index < -0.39 is 4.92 Å². The van der Waals surface area contributed by atoms with Gasteiger partial charge in [0.05, 0.1) is 27.8 Å². The Morgan fingerprint density at radius 2 is 1.96 bits per heavy atom. The minimum atomic E-state index is -0.537. The molecular weight excluding hydrogens is 355 g/mol. The summed E-state index contributed by atoms with van der Waals surface area (Å²) < 4.78 is 5.10. The fraction of sp³-hybridized carbons (Fsp3) is 0.188. The van der Waals surface area contributed by atoms with Gasteiger partial charge in [0.1, 0.15) is 5.75 Å². The number of non-ortho nitro benzene ring substituents is 1. The molecule has 24 heavy (non-hydrogen) atoms. The number of aryl methyl sites for hydroxylation is 1. The highest BCUT2D eigenvalue weighted by Crippen LogP contribution is 2.29. The Bertz CT molecular complexity index is 781. The number of anilines is 1. The van der Waals surface area contributed by atoms with E-state index in [9.17, 15) is 14.9 Å². The average Bonchev–Trinajstić information content (AvgIpc) is 2.55. The minimum absolute atomic E-state index is 0.129. The van der Waals surface area contributed by atoms with Gasteiger partial charge in [0.2, 0.25) is 5.91 Å². The monoisotopic (exact) mass is 368 g/mol. The number of nitrogens with one attached hydrogen (secondary N) is 1. The Labute approximate surface area is 148 Å². The number of halogens is 2. The van der Waals surface area contributed by atoms with Crippen molar-refractivity contribution in [2.75, 3.05) is 12.4 Å². The van der Waals surface area contributed by atoms with Crippen LogP contribution in [0.25, 0.3) is 0 Å². The van der Waals surface area contributed by atoms with Gasteiger partial charge in [-0.1, -0.05) is 29.3 Å². The molecule has 2 aromatic rings. The van der Waals surface area contributed by atoms with Gasteiger partial charge in [-0.15, -0.1) is 0 Å². The second kappa shape index (κ2) is 7.99. The molecule has 0 aliphatic rings. The molecule has 0 fully saturated rings. The number of nitrogens with zero attached hydrogens (tertiary/aromatic N) is 1. The molecule has 0 radical (unpaired) electrons. The second-order valence-corrected chi connectivity index (χ2v) is 5.75. The van der Waals surface area contributed by atoms with Gasteiger partial charge >= 0.3 is 0 Å². The van der Waals surface area contributed by atoms with Crippen molar-refractivity contribution in [1.29, 1.82) is 0 Å². The lowest BCUT2D eigenvalue weighted by atomic mass is 10.1. The molecule has 0 unspecified atom stereocenters. The highest BCUT2D eigenvalue weighted by Gasteiger charge is 2.13. The molecule has 1 N–H and O–H groups in total. The van der Waals surface area contributed by atoms with E-state index in [2.05, 4.69) is 5.32 Å². The lowest BCUT2D eigenvalue weighted by Gasteiger charge is -2.10. The van der Waals surface area contributed by atoms with Crippen LogP contribution in [0.5, 0.6) is 5.75 Å². The van der Waals surface area contributed by atoms with Gasteiger partial charge < -0.3 is 10.1 Å². The predicted molar refractivity (Wildman–Crippen MR) is 93.1 cm³/mol. The number of carbonyl (C=O) groups is 1. The highest BCUT2D eigenvalue weighted by atomic mass is 35.5. The molecule has 6 nitrogen and oxygen atoms in total. The van der Waals surface area contributed by atoms with Crippen LogP contribution in [0.4, 0.5) is 11.4 Å². The molecule has 0 bridgehead atoms. The van der Waals surface area contributed by atoms with Crippen molar-refractivity contribution in [2.24, 2.45) is 0 Å². The molecule has 0 atom stereocenters. The first-order chi connectivity index (χ1) is 11.4. The summed E-state index contributed by atoms with van der Waals surface area (Å²) in [7, 11) is 1.42. The third-order valence-electron chi connectivity index (χ3n) is 3.29. The third-order valence-corrected chi connectivity index (χ3v) is 4.03. The normalized spacial score (nSPS) is 10.3. The molecule has 0 saturated carbocycles. The van der Waals surface area contributed by atoms with E-state index in [0.29, 0.717) is 22.2 Å². The number of carbonyl (C=O) groups excluding carboxylic acids is 1. The van der Waals surface area contributed by atoms with Crippen LogP contribution in [0.15, 0.2) is 36.4 Å². The van der Waals surface area contributed by atoms with E-state index >= 15 is 0 Å². The first-order valence-corrected chi connectivity index (χ1v) is 7.72. The maximum Gasteiger partial charge on any atom is 0.271 e. The number of benzene rings is 2. The van der Waals surface area contributed by atoms with E-state index in [1.54, 1.807) is 18.2 Å². The average molecular weight is 369 g/mol. The van der Waals surface area contributed by atoms with Crippen LogP contribution in [-0.2, 0) is 11.2 Å². The van der Waals surface area contributed by atoms with E-state index in [-0.39, 0.29) is 23.7 Å². The topological polar surface area (TPSA) is 81.5 Å². The van der Waals surface area contributed by atoms with Crippen molar-refractivity contribution >= 4 is 40.5 Å². The maximum absolute atomic E-state index is 12.1. The van der Waals surface area contributed by atoms with Crippen molar-refractivity contribution in [3.63, 3.8) is 0 Å². The number of amides is 1. The summed E-state index contributed by atoms with van der Waals surface area (Å²) in [6, 6.07) is 9.16. The first kappa shape index (κ1) is 18.0. The summed E-state index contributed by atoms with van der Waals surface area (Å²) in [5, 5.41) is 14.3. The van der Waals surface area contributed by atoms with E-state index in [4.69, 9.17) is 27.9 Å². The Morgan fingerprint density at radius 3 is 2.58 bits per heavy atom. The number of rotatable bonds is 6. The molecule has 1 amide bonds. The molecule has 0 heterocycles. The highest BCUT2D eigenvalue weighted by molar-refractivity contribution is 6.42. The molecule has 2 aromatic carbocycles. The van der Waals surface area contributed by atoms with Gasteiger partial charge in [-0.25, -0.2) is 0 Å². The van der Waals surface area contributed by atoms with E-state index in [1.807, 2.05) is 0 Å². The van der Waals surface area contributed by atoms with Crippen LogP contribution in [0, 0.1) is 10.1 Å². The molecule has 0 saturated heterocycles. The summed E-state index contributed by atoms with van der Waals surface area (Å²) in [6.07, 6.45) is 0.643. The van der Waals surface area contributed by atoms with Gasteiger partial charge in [-0.2, -0.15) is 0 Å². The largest absolute Gasteiger partial charge is 0.495 e. The van der Waals surface area contributed by atoms with Crippen molar-refractivity contribution in [3.05, 3.63) is 62.1 Å². The van der Waals surface area contributed by atoms with Crippen LogP contribution in [0.2, 0.25) is 10.0 Å². The van der Waals surface area contributed by atoms with Gasteiger partial charge in [0.25, 0.3) is 5.69 Å². The maximum atomic E-state index is 12.1. The number of nitro benzene ring substituents is 1. The SMILES string of the molecule is COc1ccc([N+](=O)[O-])cc1NC(=O)CCc1ccc(Cl)c(Cl)c1. The van der Waals surface area contributed by atoms with Crippen molar-refractivity contribution in [1.82, 2.24) is 0 Å². The van der Waals surface area contributed by atoms with Gasteiger partial charge in [0, 0.05) is 18.6 Å². The Balaban J connectivity index is 2.04. The van der Waals surface area contributed by atoms with Crippen LogP contribution < -0.4 is 10.1 Å². The Hall–Kier alpha value is -2.31. The fourth-order valence-electron chi connectivity index (χ4n) is 2.07. The molecule has 0 aliphatic heterocycles. The third kappa shape index (κ3) is 4.59. The molecule has 126 valence electrons. The molecule has 0 spiro atoms. The number of hydrogen-bond donors (Lipinski definition) is 1. The van der Waals surface area contributed by atoms with Crippen LogP contribution in [-0.4, -0.2) is 17.9 Å². The van der Waals surface area contributed by atoms with Gasteiger partial charge in [0.15, 0.2) is 0 Å². The Morgan fingerprint density at radius 1 is 1.21 bits per heavy atom. The summed E-state index contributed by atoms with van der Waals surface area (Å²) in [4.78, 5) is 22.4. The zero-order valence-electron chi connectivity index (χ0n) is 12.7. The van der Waals surface area contributed by atoms with Crippen molar-refractivity contribution in [3.8, 4) is 5.75 Å². The molecule has 8 heteroatoms. The lowest BCUT2D eigenvalue weighted by Crippen LogP contribution is -2.13. The van der Waals surface area contributed by atoms with Gasteiger partial charge in [-0.3, -0.25) is 14.9 Å². The standard InChI is InChI=1S/C16H14Cl2N2O4/c1-24-15-6-4-11(20(22)23)9-14(15)19-16(21)7-3-10-2-5-12(17)13(18)8-10/h2,4-6,8-9H,3,7H2,1H3,(H,19,21). The van der Waals surface area contributed by atoms with Gasteiger partial charge in [-0.05, 0) is 30.2 Å². The van der Waals surface area contributed by atoms with Crippen LogP contribution in [0.1, 0.15) is 12.0 Å². The number of nitro groups is 1. The van der Waals surface area contributed by atoms with Crippen LogP contribution >= 0.6 is 23.2 Å². The van der Waals surface area contributed by atoms with Crippen molar-refractivity contribution < 1.29 is 14.5 Å². The predicted octanol–water partition coefficient (Wildman–Crippen LogP) is 4.48. The summed E-state index contributed by atoms with van der Waals surface area (Å²) in [5.41, 5.74) is 0.993.